The van der Waals surface area contributed by atoms with Crippen LogP contribution < -0.4 is 20.9 Å². The van der Waals surface area contributed by atoms with Crippen LogP contribution >= 0.6 is 0 Å². The summed E-state index contributed by atoms with van der Waals surface area (Å²) in [6.45, 7) is 1.87. The van der Waals surface area contributed by atoms with E-state index in [4.69, 9.17) is 9.26 Å². The maximum Gasteiger partial charge on any atom is 0.257 e. The number of ether oxygens (including phenoxy) is 1. The molecule has 3 aromatic heterocycles. The second-order valence-corrected chi connectivity index (χ2v) is 6.43. The van der Waals surface area contributed by atoms with Crippen LogP contribution in [0.1, 0.15) is 21.9 Å². The second-order valence-electron chi connectivity index (χ2n) is 6.43. The van der Waals surface area contributed by atoms with Crippen molar-refractivity contribution in [2.24, 2.45) is 0 Å². The first-order chi connectivity index (χ1) is 14.2. The number of amides is 1. The Morgan fingerprint density at radius 1 is 1.38 bits per heavy atom. The largest absolute Gasteiger partial charge is 0.496 e. The minimum Gasteiger partial charge on any atom is -0.496 e. The molecule has 10 heteroatoms. The lowest BCUT2D eigenvalue weighted by atomic mass is 10.1. The Morgan fingerprint density at radius 3 is 3.07 bits per heavy atom. The van der Waals surface area contributed by atoms with Crippen LogP contribution in [0.25, 0.3) is 11.5 Å². The van der Waals surface area contributed by atoms with Gasteiger partial charge in [-0.2, -0.15) is 4.98 Å². The van der Waals surface area contributed by atoms with E-state index >= 15 is 0 Å². The molecule has 1 aliphatic rings. The summed E-state index contributed by atoms with van der Waals surface area (Å²) in [6.07, 6.45) is 2.18. The number of hydrogen-bond donors (Lipinski definition) is 2. The molecule has 10 nitrogen and oxygen atoms in total. The van der Waals surface area contributed by atoms with Crippen molar-refractivity contribution < 1.29 is 14.1 Å². The van der Waals surface area contributed by atoms with Gasteiger partial charge in [0.1, 0.15) is 17.0 Å². The van der Waals surface area contributed by atoms with E-state index in [0.717, 1.165) is 0 Å². The molecule has 0 radical (unpaired) electrons. The summed E-state index contributed by atoms with van der Waals surface area (Å²) in [5.74, 6) is 0.475. The fourth-order valence-corrected chi connectivity index (χ4v) is 3.27. The van der Waals surface area contributed by atoms with Crippen LogP contribution in [0.15, 0.2) is 39.8 Å². The first kappa shape index (κ1) is 18.8. The van der Waals surface area contributed by atoms with E-state index in [2.05, 4.69) is 25.8 Å². The first-order valence-corrected chi connectivity index (χ1v) is 9.21. The first-order valence-electron chi connectivity index (χ1n) is 9.21. The van der Waals surface area contributed by atoms with E-state index in [1.807, 2.05) is 6.07 Å². The maximum atomic E-state index is 12.9. The molecule has 29 heavy (non-hydrogen) atoms. The second kappa shape index (κ2) is 8.23. The maximum absolute atomic E-state index is 12.9. The smallest absolute Gasteiger partial charge is 0.257 e. The lowest BCUT2D eigenvalue weighted by Crippen LogP contribution is -2.31. The SMILES string of the molecule is COc1cc(=O)n2c(c1C(=O)NCc1nc(-c3ccccn3)no1)CCNCC2. The number of aromatic nitrogens is 4. The molecule has 0 saturated carbocycles. The van der Waals surface area contributed by atoms with E-state index in [9.17, 15) is 9.59 Å². The van der Waals surface area contributed by atoms with E-state index in [0.29, 0.717) is 48.8 Å². The highest BCUT2D eigenvalue weighted by atomic mass is 16.5. The standard InChI is InChI=1S/C19H20N6O4/c1-28-14-10-16(26)25-9-8-20-7-5-13(25)17(14)19(27)22-11-15-23-18(24-29-15)12-4-2-3-6-21-12/h2-4,6,10,20H,5,7-9,11H2,1H3,(H,22,27). The fraction of sp³-hybridized carbons (Fsp3) is 0.316. The molecule has 150 valence electrons. The minimum absolute atomic E-state index is 0.0403. The molecule has 0 unspecified atom stereocenters. The molecule has 0 aromatic carbocycles. The molecule has 0 aliphatic carbocycles. The number of carbonyl (C=O) groups is 1. The molecule has 0 saturated heterocycles. The predicted octanol–water partition coefficient (Wildman–Crippen LogP) is 0.378. The number of pyridine rings is 2. The monoisotopic (exact) mass is 396 g/mol. The summed E-state index contributed by atoms with van der Waals surface area (Å²) in [7, 11) is 1.44. The summed E-state index contributed by atoms with van der Waals surface area (Å²) in [5, 5.41) is 9.89. The molecule has 4 heterocycles. The van der Waals surface area contributed by atoms with Gasteiger partial charge in [-0.25, -0.2) is 0 Å². The highest BCUT2D eigenvalue weighted by molar-refractivity contribution is 5.98. The van der Waals surface area contributed by atoms with E-state index in [1.165, 1.54) is 13.2 Å². The van der Waals surface area contributed by atoms with Gasteiger partial charge in [0.25, 0.3) is 11.5 Å². The fourth-order valence-electron chi connectivity index (χ4n) is 3.27. The third-order valence-corrected chi connectivity index (χ3v) is 4.64. The number of nitrogens with one attached hydrogen (secondary N) is 2. The van der Waals surface area contributed by atoms with Crippen LogP contribution in [0.2, 0.25) is 0 Å². The van der Waals surface area contributed by atoms with Gasteiger partial charge in [-0.3, -0.25) is 14.6 Å². The summed E-state index contributed by atoms with van der Waals surface area (Å²) >= 11 is 0. The molecule has 4 rings (SSSR count). The zero-order valence-corrected chi connectivity index (χ0v) is 15.8. The van der Waals surface area contributed by atoms with Crippen molar-refractivity contribution in [3.63, 3.8) is 0 Å². The van der Waals surface area contributed by atoms with Gasteiger partial charge in [0.15, 0.2) is 0 Å². The Balaban J connectivity index is 1.56. The molecule has 0 spiro atoms. The van der Waals surface area contributed by atoms with Gasteiger partial charge in [-0.15, -0.1) is 0 Å². The molecule has 1 aliphatic heterocycles. The zero-order chi connectivity index (χ0) is 20.2. The van der Waals surface area contributed by atoms with Crippen molar-refractivity contribution in [2.45, 2.75) is 19.5 Å². The quantitative estimate of drug-likeness (QED) is 0.634. The number of fused-ring (bicyclic) bond motifs is 1. The molecular weight excluding hydrogens is 376 g/mol. The van der Waals surface area contributed by atoms with Crippen LogP contribution in [0.3, 0.4) is 0 Å². The number of carbonyl (C=O) groups excluding carboxylic acids is 1. The van der Waals surface area contributed by atoms with E-state index in [-0.39, 0.29) is 29.7 Å². The van der Waals surface area contributed by atoms with Crippen LogP contribution in [-0.4, -0.2) is 45.8 Å². The molecule has 0 bridgehead atoms. The van der Waals surface area contributed by atoms with Crippen LogP contribution in [0.5, 0.6) is 5.75 Å². The normalized spacial score (nSPS) is 13.4. The molecular formula is C19H20N6O4. The highest BCUT2D eigenvalue weighted by Gasteiger charge is 2.23. The zero-order valence-electron chi connectivity index (χ0n) is 15.8. The van der Waals surface area contributed by atoms with Crippen molar-refractivity contribution in [3.8, 4) is 17.3 Å². The number of methoxy groups -OCH3 is 1. The average Bonchev–Trinajstić information content (AvgIpc) is 3.09. The van der Waals surface area contributed by atoms with Gasteiger partial charge in [0.2, 0.25) is 11.7 Å². The summed E-state index contributed by atoms with van der Waals surface area (Å²) in [4.78, 5) is 33.7. The molecule has 2 N–H and O–H groups in total. The Morgan fingerprint density at radius 2 is 2.28 bits per heavy atom. The highest BCUT2D eigenvalue weighted by Crippen LogP contribution is 2.22. The molecule has 0 atom stereocenters. The predicted molar refractivity (Wildman–Crippen MR) is 103 cm³/mol. The Bertz CT molecular complexity index is 1080. The number of rotatable bonds is 5. The van der Waals surface area contributed by atoms with Gasteiger partial charge in [-0.1, -0.05) is 11.2 Å². The number of hydrogen-bond acceptors (Lipinski definition) is 8. The minimum atomic E-state index is -0.370. The van der Waals surface area contributed by atoms with Crippen LogP contribution in [0, 0.1) is 0 Å². The Labute approximate surface area is 165 Å². The molecule has 1 amide bonds. The number of nitrogens with zero attached hydrogens (tertiary/aromatic N) is 4. The topological polar surface area (TPSA) is 124 Å². The van der Waals surface area contributed by atoms with Crippen LogP contribution in [-0.2, 0) is 19.5 Å². The van der Waals surface area contributed by atoms with Gasteiger partial charge in [0, 0.05) is 44.0 Å². The summed E-state index contributed by atoms with van der Waals surface area (Å²) in [5.41, 5.74) is 1.39. The van der Waals surface area contributed by atoms with Crippen molar-refractivity contribution in [1.82, 2.24) is 30.3 Å². The van der Waals surface area contributed by atoms with E-state index < -0.39 is 0 Å². The summed E-state index contributed by atoms with van der Waals surface area (Å²) in [6, 6.07) is 6.73. The van der Waals surface area contributed by atoms with Gasteiger partial charge < -0.3 is 24.5 Å². The van der Waals surface area contributed by atoms with Gasteiger partial charge >= 0.3 is 0 Å². The summed E-state index contributed by atoms with van der Waals surface area (Å²) < 4.78 is 12.1. The van der Waals surface area contributed by atoms with Crippen molar-refractivity contribution in [1.29, 1.82) is 0 Å². The third kappa shape index (κ3) is 3.87. The molecule has 0 fully saturated rings. The van der Waals surface area contributed by atoms with Gasteiger partial charge in [-0.05, 0) is 12.1 Å². The lowest BCUT2D eigenvalue weighted by Gasteiger charge is -2.16. The average molecular weight is 396 g/mol. The Hall–Kier alpha value is -3.53. The van der Waals surface area contributed by atoms with Crippen molar-refractivity contribution >= 4 is 5.91 Å². The van der Waals surface area contributed by atoms with Crippen molar-refractivity contribution in [2.75, 3.05) is 20.2 Å². The third-order valence-electron chi connectivity index (χ3n) is 4.64. The van der Waals surface area contributed by atoms with E-state index in [1.54, 1.807) is 22.9 Å². The Kier molecular flexibility index (Phi) is 5.34. The van der Waals surface area contributed by atoms with Crippen molar-refractivity contribution in [3.05, 3.63) is 58.0 Å². The molecule has 3 aromatic rings. The lowest BCUT2D eigenvalue weighted by molar-refractivity contribution is 0.0941. The van der Waals surface area contributed by atoms with Gasteiger partial charge in [0.05, 0.1) is 13.7 Å². The van der Waals surface area contributed by atoms with Crippen LogP contribution in [0.4, 0.5) is 0 Å².